The van der Waals surface area contributed by atoms with E-state index in [1.165, 1.54) is 35.5 Å². The molecule has 2 N–H and O–H groups in total. The summed E-state index contributed by atoms with van der Waals surface area (Å²) < 4.78 is 15.7. The summed E-state index contributed by atoms with van der Waals surface area (Å²) in [4.78, 5) is 43.7. The molecule has 13 heteroatoms. The molecular weight excluding hydrogens is 555 g/mol. The Hall–Kier alpha value is -3.38. The van der Waals surface area contributed by atoms with Crippen LogP contribution in [0, 0.1) is 0 Å². The number of anilines is 1. The van der Waals surface area contributed by atoms with Crippen LogP contribution in [0.1, 0.15) is 21.6 Å². The number of thiazole rings is 1. The first-order valence-corrected chi connectivity index (χ1v) is 13.1. The predicted octanol–water partition coefficient (Wildman–Crippen LogP) is 3.76. The number of benzene rings is 2. The van der Waals surface area contributed by atoms with Crippen LogP contribution in [0.4, 0.5) is 5.13 Å². The van der Waals surface area contributed by atoms with Gasteiger partial charge >= 0.3 is 0 Å². The third kappa shape index (κ3) is 7.35. The highest BCUT2D eigenvalue weighted by atomic mass is 35.5. The molecule has 1 aromatic heterocycles. The van der Waals surface area contributed by atoms with Crippen LogP contribution in [-0.4, -0.2) is 61.2 Å². The third-order valence-electron chi connectivity index (χ3n) is 5.41. The van der Waals surface area contributed by atoms with E-state index >= 15 is 0 Å². The molecule has 1 aliphatic rings. The molecule has 4 rings (SSSR count). The molecule has 0 radical (unpaired) electrons. The Labute approximate surface area is 232 Å². The number of nitrogens with zero attached hydrogens (tertiary/aromatic N) is 2. The van der Waals surface area contributed by atoms with Gasteiger partial charge in [-0.15, -0.1) is 11.3 Å². The lowest BCUT2D eigenvalue weighted by molar-refractivity contribution is -0.120. The second kappa shape index (κ2) is 12.9. The van der Waals surface area contributed by atoms with Crippen LogP contribution in [0.5, 0.6) is 11.5 Å². The summed E-state index contributed by atoms with van der Waals surface area (Å²) in [5.74, 6) is 0.222. The molecule has 2 heterocycles. The number of nitrogens with one attached hydrogen (secondary N) is 2. The quantitative estimate of drug-likeness (QED) is 0.355. The summed E-state index contributed by atoms with van der Waals surface area (Å²) in [7, 11) is 1.50. The van der Waals surface area contributed by atoms with E-state index < -0.39 is 11.8 Å². The maximum atomic E-state index is 13.0. The highest BCUT2D eigenvalue weighted by molar-refractivity contribution is 7.13. The highest BCUT2D eigenvalue weighted by Crippen LogP contribution is 2.32. The van der Waals surface area contributed by atoms with Gasteiger partial charge in [-0.25, -0.2) is 4.98 Å². The fourth-order valence-corrected chi connectivity index (χ4v) is 4.76. The van der Waals surface area contributed by atoms with Crippen molar-refractivity contribution < 1.29 is 28.6 Å². The molecule has 0 unspecified atom stereocenters. The lowest BCUT2D eigenvalue weighted by atomic mass is 10.2. The number of amides is 3. The summed E-state index contributed by atoms with van der Waals surface area (Å²) >= 11 is 13.3. The molecule has 0 spiro atoms. The molecular formula is C25H24Cl2N4O6S. The minimum atomic E-state index is -0.451. The van der Waals surface area contributed by atoms with Crippen LogP contribution >= 0.6 is 34.5 Å². The van der Waals surface area contributed by atoms with E-state index in [0.29, 0.717) is 33.9 Å². The average Bonchev–Trinajstić information content (AvgIpc) is 3.53. The fourth-order valence-electron chi connectivity index (χ4n) is 3.54. The molecule has 0 bridgehead atoms. The molecule has 200 valence electrons. The van der Waals surface area contributed by atoms with Gasteiger partial charge in [0.2, 0.25) is 18.6 Å². The summed E-state index contributed by atoms with van der Waals surface area (Å²) in [5.41, 5.74) is 1.61. The predicted molar refractivity (Wildman–Crippen MR) is 143 cm³/mol. The van der Waals surface area contributed by atoms with Gasteiger partial charge < -0.3 is 29.7 Å². The summed E-state index contributed by atoms with van der Waals surface area (Å²) in [6.07, 6.45) is 0.0461. The summed E-state index contributed by atoms with van der Waals surface area (Å²) in [6, 6.07) is 10.00. The van der Waals surface area contributed by atoms with Crippen molar-refractivity contribution in [3.63, 3.8) is 0 Å². The molecule has 0 saturated carbocycles. The van der Waals surface area contributed by atoms with Crippen LogP contribution in [0.3, 0.4) is 0 Å². The van der Waals surface area contributed by atoms with E-state index in [4.69, 9.17) is 37.4 Å². The fraction of sp³-hybridized carbons (Fsp3) is 0.280. The first kappa shape index (κ1) is 27.6. The number of methoxy groups -OCH3 is 1. The van der Waals surface area contributed by atoms with Crippen molar-refractivity contribution in [3.05, 3.63) is 68.6 Å². The Morgan fingerprint density at radius 3 is 2.71 bits per heavy atom. The SMILES string of the molecule is COCCN(CC(=O)Nc1nc(CC(=O)NCc2ccc3c(c2)OCO3)cs1)C(=O)c1ccc(Cl)cc1Cl. The molecule has 3 amide bonds. The Kier molecular flexibility index (Phi) is 9.40. The van der Waals surface area contributed by atoms with Crippen molar-refractivity contribution in [1.29, 1.82) is 0 Å². The number of halogens is 2. The number of carbonyl (C=O) groups is 3. The summed E-state index contributed by atoms with van der Waals surface area (Å²) in [5, 5.41) is 8.11. The Morgan fingerprint density at radius 1 is 1.11 bits per heavy atom. The van der Waals surface area contributed by atoms with Crippen LogP contribution in [-0.2, 0) is 27.3 Å². The molecule has 10 nitrogen and oxygen atoms in total. The van der Waals surface area contributed by atoms with Crippen LogP contribution in [0.15, 0.2) is 41.8 Å². The topological polar surface area (TPSA) is 119 Å². The van der Waals surface area contributed by atoms with Gasteiger partial charge in [-0.1, -0.05) is 29.3 Å². The van der Waals surface area contributed by atoms with Gasteiger partial charge in [0.25, 0.3) is 5.91 Å². The Balaban J connectivity index is 1.29. The largest absolute Gasteiger partial charge is 0.454 e. The second-order valence-electron chi connectivity index (χ2n) is 8.18. The molecule has 0 atom stereocenters. The van der Waals surface area contributed by atoms with Crippen molar-refractivity contribution in [2.45, 2.75) is 13.0 Å². The first-order chi connectivity index (χ1) is 18.3. The van der Waals surface area contributed by atoms with E-state index in [0.717, 1.165) is 5.56 Å². The normalized spacial score (nSPS) is 11.8. The minimum absolute atomic E-state index is 0.0461. The zero-order chi connectivity index (χ0) is 27.1. The van der Waals surface area contributed by atoms with Crippen molar-refractivity contribution in [1.82, 2.24) is 15.2 Å². The van der Waals surface area contributed by atoms with Gasteiger partial charge in [-0.2, -0.15) is 0 Å². The summed E-state index contributed by atoms with van der Waals surface area (Å²) in [6.45, 7) is 0.672. The van der Waals surface area contributed by atoms with Crippen LogP contribution < -0.4 is 20.1 Å². The molecule has 1 aliphatic heterocycles. The van der Waals surface area contributed by atoms with Gasteiger partial charge in [0.05, 0.1) is 29.3 Å². The number of carbonyl (C=O) groups excluding carboxylic acids is 3. The number of hydrogen-bond donors (Lipinski definition) is 2. The van der Waals surface area contributed by atoms with Crippen LogP contribution in [0.2, 0.25) is 10.0 Å². The zero-order valence-electron chi connectivity index (χ0n) is 20.3. The molecule has 0 fully saturated rings. The first-order valence-electron chi connectivity index (χ1n) is 11.4. The number of aromatic nitrogens is 1. The molecule has 0 saturated heterocycles. The van der Waals surface area contributed by atoms with Gasteiger partial charge in [-0.3, -0.25) is 14.4 Å². The Morgan fingerprint density at radius 2 is 1.92 bits per heavy atom. The van der Waals surface area contributed by atoms with Gasteiger partial charge in [0, 0.05) is 30.6 Å². The minimum Gasteiger partial charge on any atom is -0.454 e. The van der Waals surface area contributed by atoms with E-state index in [1.54, 1.807) is 17.5 Å². The van der Waals surface area contributed by atoms with Crippen molar-refractivity contribution in [3.8, 4) is 11.5 Å². The smallest absolute Gasteiger partial charge is 0.255 e. The Bertz CT molecular complexity index is 1330. The standard InChI is InChI=1S/C25H24Cl2N4O6S/c1-35-7-6-31(24(34)18-4-3-16(26)9-19(18)27)12-23(33)30-25-29-17(13-38-25)10-22(32)28-11-15-2-5-20-21(8-15)37-14-36-20/h2-5,8-9,13H,6-7,10-12,14H2,1H3,(H,28,32)(H,29,30,33). The number of rotatable bonds is 11. The van der Waals surface area contributed by atoms with E-state index in [9.17, 15) is 14.4 Å². The third-order valence-corrected chi connectivity index (χ3v) is 6.77. The van der Waals surface area contributed by atoms with E-state index in [1.807, 2.05) is 12.1 Å². The van der Waals surface area contributed by atoms with Crippen LogP contribution in [0.25, 0.3) is 0 Å². The second-order valence-corrected chi connectivity index (χ2v) is 9.88. The van der Waals surface area contributed by atoms with Crippen molar-refractivity contribution >= 4 is 57.4 Å². The molecule has 38 heavy (non-hydrogen) atoms. The maximum absolute atomic E-state index is 13.0. The monoisotopic (exact) mass is 578 g/mol. The van der Waals surface area contributed by atoms with Crippen molar-refractivity contribution in [2.24, 2.45) is 0 Å². The maximum Gasteiger partial charge on any atom is 0.255 e. The van der Waals surface area contributed by atoms with Gasteiger partial charge in [-0.05, 0) is 35.9 Å². The number of ether oxygens (including phenoxy) is 3. The lowest BCUT2D eigenvalue weighted by Gasteiger charge is -2.22. The molecule has 0 aliphatic carbocycles. The molecule has 2 aromatic carbocycles. The van der Waals surface area contributed by atoms with Gasteiger partial charge in [0.15, 0.2) is 16.6 Å². The lowest BCUT2D eigenvalue weighted by Crippen LogP contribution is -2.40. The number of fused-ring (bicyclic) bond motifs is 1. The number of hydrogen-bond acceptors (Lipinski definition) is 8. The zero-order valence-corrected chi connectivity index (χ0v) is 22.6. The highest BCUT2D eigenvalue weighted by Gasteiger charge is 2.22. The molecule has 3 aromatic rings. The van der Waals surface area contributed by atoms with E-state index in [-0.39, 0.29) is 49.4 Å². The van der Waals surface area contributed by atoms with Gasteiger partial charge in [0.1, 0.15) is 6.54 Å². The average molecular weight is 579 g/mol. The van der Waals surface area contributed by atoms with Crippen molar-refractivity contribution in [2.75, 3.05) is 38.9 Å². The van der Waals surface area contributed by atoms with E-state index in [2.05, 4.69) is 15.6 Å².